The molecule has 0 amide bonds. The molecule has 0 aromatic heterocycles. The van der Waals surface area contributed by atoms with E-state index in [-0.39, 0.29) is 51.4 Å². The summed E-state index contributed by atoms with van der Waals surface area (Å²) in [5.41, 5.74) is 12.3. The number of nitrogens with one attached hydrogen (secondary N) is 1. The third-order valence-electron chi connectivity index (χ3n) is 25.4. The Bertz CT molecular complexity index is 3270. The van der Waals surface area contributed by atoms with Crippen molar-refractivity contribution < 1.29 is 44.0 Å². The van der Waals surface area contributed by atoms with Crippen LogP contribution in [0.2, 0.25) is 0 Å². The van der Waals surface area contributed by atoms with E-state index in [1.165, 1.54) is 145 Å². The van der Waals surface area contributed by atoms with E-state index in [2.05, 4.69) is 149 Å². The molecule has 14 heteroatoms. The molecule has 13 nitrogen and oxygen atoms in total. The van der Waals surface area contributed by atoms with Gasteiger partial charge in [0.05, 0.1) is 36.5 Å². The zero-order valence-corrected chi connectivity index (χ0v) is 62.4. The number of rotatable bonds is 8. The van der Waals surface area contributed by atoms with Gasteiger partial charge in [-0.3, -0.25) is 0 Å². The number of likely N-dealkylation sites (tertiary alicyclic amines) is 3. The lowest BCUT2D eigenvalue weighted by Crippen LogP contribution is -2.54. The summed E-state index contributed by atoms with van der Waals surface area (Å²) >= 11 is 0. The Labute approximate surface area is 583 Å². The summed E-state index contributed by atoms with van der Waals surface area (Å²) in [4.78, 5) is 52.9. The minimum absolute atomic E-state index is 0. The summed E-state index contributed by atoms with van der Waals surface area (Å²) in [7, 11) is 10.6. The normalized spacial score (nSPS) is 30.7. The van der Waals surface area contributed by atoms with Gasteiger partial charge in [0.2, 0.25) is 0 Å². The molecular formula is C82H119ClN4O9. The quantitative estimate of drug-likeness (QED) is 0.0972. The number of carbonyl (C=O) groups excluding carboxylic acids is 2. The van der Waals surface area contributed by atoms with Crippen LogP contribution in [-0.2, 0) is 9.47 Å². The maximum atomic E-state index is 11.7. The van der Waals surface area contributed by atoms with Crippen molar-refractivity contribution >= 4 is 41.9 Å². The molecule has 0 spiro atoms. The van der Waals surface area contributed by atoms with Crippen LogP contribution in [0.3, 0.4) is 0 Å². The fourth-order valence-electron chi connectivity index (χ4n) is 21.0. The Morgan fingerprint density at radius 1 is 0.458 bits per heavy atom. The van der Waals surface area contributed by atoms with E-state index in [1.54, 1.807) is 24.3 Å². The third kappa shape index (κ3) is 16.1. The predicted molar refractivity (Wildman–Crippen MR) is 392 cm³/mol. The van der Waals surface area contributed by atoms with Crippen LogP contribution in [0, 0.1) is 61.1 Å². The predicted octanol–water partition coefficient (Wildman–Crippen LogP) is 16.7. The van der Waals surface area contributed by atoms with Gasteiger partial charge in [0.15, 0.2) is 0 Å². The summed E-state index contributed by atoms with van der Waals surface area (Å²) in [6, 6.07) is 31.0. The maximum Gasteiger partial charge on any atom is 0.337 e. The van der Waals surface area contributed by atoms with E-state index in [4.69, 9.17) is 24.8 Å². The van der Waals surface area contributed by atoms with Crippen molar-refractivity contribution in [3.8, 4) is 0 Å². The third-order valence-corrected chi connectivity index (χ3v) is 25.4. The molecular weight excluding hydrogens is 1220 g/mol. The van der Waals surface area contributed by atoms with Gasteiger partial charge in [-0.2, -0.15) is 0 Å². The van der Waals surface area contributed by atoms with E-state index in [9.17, 15) is 19.2 Å². The van der Waals surface area contributed by atoms with E-state index in [1.807, 2.05) is 60.7 Å². The average molecular weight is 1340 g/mol. The number of carbonyl (C=O) groups is 4. The second-order valence-electron chi connectivity index (χ2n) is 33.2. The van der Waals surface area contributed by atoms with Crippen molar-refractivity contribution in [1.29, 1.82) is 0 Å². The first-order chi connectivity index (χ1) is 44.6. The molecule has 96 heavy (non-hydrogen) atoms. The SMILES string of the molecule is CN1CCC2C(C)(C)[C@@H](c3ccc(C(=O)O)cc3)CC[C@]2(C)C1.CN1CCC2C(C)(C)[C@H](c3ccc(C(=O)O)cc3)CC[C@]2(C)C1.CO.COC(=O)c1ccc(C2=CC[C@]3(C)CNCC=C3C2(C)C)cc1.COC(=O)c1ccc(C2CC[C@]3(C)CN(C)CCC3C2(C)C)cc1.Cl. The van der Waals surface area contributed by atoms with Crippen LogP contribution in [0.15, 0.2) is 115 Å². The highest BCUT2D eigenvalue weighted by Gasteiger charge is 2.56. The van der Waals surface area contributed by atoms with Gasteiger partial charge >= 0.3 is 23.9 Å². The molecule has 3 saturated heterocycles. The first-order valence-corrected chi connectivity index (χ1v) is 35.3. The number of esters is 2. The first kappa shape index (κ1) is 77.7. The number of carboxylic acids is 2. The highest BCUT2D eigenvalue weighted by Crippen LogP contribution is 2.63. The fourth-order valence-corrected chi connectivity index (χ4v) is 21.0. The summed E-state index contributed by atoms with van der Waals surface area (Å²) in [6.07, 6.45) is 17.0. The van der Waals surface area contributed by atoms with E-state index < -0.39 is 11.9 Å². The summed E-state index contributed by atoms with van der Waals surface area (Å²) in [6.45, 7) is 38.2. The molecule has 4 heterocycles. The minimum Gasteiger partial charge on any atom is -0.478 e. The second kappa shape index (κ2) is 30.8. The van der Waals surface area contributed by atoms with Crippen molar-refractivity contribution in [3.05, 3.63) is 159 Å². The Morgan fingerprint density at radius 2 is 0.771 bits per heavy atom. The van der Waals surface area contributed by atoms with Crippen LogP contribution in [0.25, 0.3) is 5.57 Å². The molecule has 3 saturated carbocycles. The number of carboxylic acid groups (broad SMARTS) is 2. The number of fused-ring (bicyclic) bond motifs is 4. The van der Waals surface area contributed by atoms with Gasteiger partial charge in [-0.1, -0.05) is 149 Å². The van der Waals surface area contributed by atoms with Gasteiger partial charge in [-0.15, -0.1) is 12.4 Å². The van der Waals surface area contributed by atoms with Crippen LogP contribution < -0.4 is 5.32 Å². The van der Waals surface area contributed by atoms with Crippen molar-refractivity contribution in [2.75, 3.05) is 94.8 Å². The molecule has 4 aromatic carbocycles. The number of aliphatic hydroxyl groups excluding tert-OH is 1. The molecule has 4 aliphatic heterocycles. The smallest absolute Gasteiger partial charge is 0.337 e. The summed E-state index contributed by atoms with van der Waals surface area (Å²) in [5.74, 6) is 1.57. The molecule has 4 N–H and O–H groups in total. The number of aliphatic hydroxyl groups is 1. The molecule has 0 radical (unpaired) electrons. The Balaban J connectivity index is 0.000000178. The maximum absolute atomic E-state index is 11.7. The topological polar surface area (TPSA) is 169 Å². The van der Waals surface area contributed by atoms with Gasteiger partial charge in [-0.05, 0) is 249 Å². The molecule has 0 bridgehead atoms. The molecule has 8 aliphatic rings. The van der Waals surface area contributed by atoms with E-state index in [0.29, 0.717) is 56.3 Å². The molecule has 4 aliphatic carbocycles. The average Bonchev–Trinajstić information content (AvgIpc) is 0.762. The number of methoxy groups -OCH3 is 2. The highest BCUT2D eigenvalue weighted by atomic mass is 35.5. The molecule has 12 rings (SSSR count). The van der Waals surface area contributed by atoms with Crippen molar-refractivity contribution in [2.45, 2.75) is 165 Å². The number of halogens is 1. The number of benzene rings is 4. The molecule has 528 valence electrons. The lowest BCUT2D eigenvalue weighted by molar-refractivity contribution is -0.0688. The molecule has 4 aromatic rings. The summed E-state index contributed by atoms with van der Waals surface area (Å²) in [5, 5.41) is 28.7. The zero-order valence-electron chi connectivity index (χ0n) is 61.6. The van der Waals surface area contributed by atoms with Crippen LogP contribution in [0.1, 0.15) is 229 Å². The fraction of sp³-hybridized carbons (Fsp3) is 0.610. The van der Waals surface area contributed by atoms with Gasteiger partial charge in [-0.25, -0.2) is 19.2 Å². The number of ether oxygens (including phenoxy) is 2. The van der Waals surface area contributed by atoms with Crippen LogP contribution >= 0.6 is 12.4 Å². The van der Waals surface area contributed by atoms with Gasteiger partial charge in [0.1, 0.15) is 0 Å². The molecule has 4 unspecified atom stereocenters. The molecule has 6 fully saturated rings. The lowest BCUT2D eigenvalue weighted by atomic mass is 9.49. The summed E-state index contributed by atoms with van der Waals surface area (Å²) < 4.78 is 9.59. The van der Waals surface area contributed by atoms with Crippen molar-refractivity contribution in [1.82, 2.24) is 20.0 Å². The van der Waals surface area contributed by atoms with Gasteiger partial charge < -0.3 is 44.8 Å². The monoisotopic (exact) mass is 1340 g/mol. The first-order valence-electron chi connectivity index (χ1n) is 35.3. The second-order valence-corrected chi connectivity index (χ2v) is 33.2. The Morgan fingerprint density at radius 3 is 1.08 bits per heavy atom. The van der Waals surface area contributed by atoms with Crippen LogP contribution in [0.4, 0.5) is 0 Å². The number of nitrogens with zero attached hydrogens (tertiary/aromatic N) is 3. The Kier molecular flexibility index (Phi) is 25.0. The minimum atomic E-state index is -0.845. The number of hydrogen-bond acceptors (Lipinski definition) is 11. The number of aromatic carboxylic acids is 2. The lowest BCUT2D eigenvalue weighted by Gasteiger charge is -2.58. The van der Waals surface area contributed by atoms with Crippen LogP contribution in [-0.4, -0.2) is 149 Å². The van der Waals surface area contributed by atoms with Gasteiger partial charge in [0.25, 0.3) is 0 Å². The standard InChI is InChI=1S/C21H31NO2.C20H25NO2.2C20H29NO2.CH4O.ClH/c1-20(2)17(15-6-8-16(9-7-15)19(23)24-5)10-12-21(3)14-22(4)13-11-18(20)21;1-19(2)16(9-11-20(3)13-21-12-10-17(19)20)14-5-7-15(8-6-14)18(22)23-4;2*1-19(2)16(14-5-7-15(8-6-14)18(22)23)9-11-20(3)13-21(4)12-10-17(19)20;1-2;/h6-9,17-18H,10-14H2,1-5H3;5-10,21H,11-13H2,1-4H3;2*5-8,16-17H,9-13H2,1-4H3,(H,22,23);2H,1H3;1H/t17?,18?,21-;20-;16-,17?,20+;16-,17?,20-;;/m1101../s1. The highest BCUT2D eigenvalue weighted by molar-refractivity contribution is 5.91. The van der Waals surface area contributed by atoms with Crippen molar-refractivity contribution in [2.24, 2.45) is 61.1 Å². The van der Waals surface area contributed by atoms with Crippen LogP contribution in [0.5, 0.6) is 0 Å². The zero-order chi connectivity index (χ0) is 69.9. The largest absolute Gasteiger partial charge is 0.478 e. The van der Waals surface area contributed by atoms with Crippen molar-refractivity contribution in [3.63, 3.8) is 0 Å². The van der Waals surface area contributed by atoms with E-state index >= 15 is 0 Å². The van der Waals surface area contributed by atoms with Gasteiger partial charge in [0, 0.05) is 50.7 Å². The number of hydrogen-bond donors (Lipinski definition) is 4. The number of allylic oxidation sites excluding steroid dienone is 2. The molecule has 10 atom stereocenters. The Hall–Kier alpha value is -5.67. The van der Waals surface area contributed by atoms with E-state index in [0.717, 1.165) is 44.4 Å². The number of piperidine rings is 3.